The second kappa shape index (κ2) is 5.45. The van der Waals surface area contributed by atoms with Gasteiger partial charge in [0, 0.05) is 25.9 Å². The third-order valence-corrected chi connectivity index (χ3v) is 2.78. The van der Waals surface area contributed by atoms with Gasteiger partial charge in [0.2, 0.25) is 6.08 Å². The molecule has 94 valence electrons. The van der Waals surface area contributed by atoms with Crippen LogP contribution in [0.1, 0.15) is 19.8 Å². The number of nitrogens with zero attached hydrogens (tertiary/aromatic N) is 2. The van der Waals surface area contributed by atoms with Gasteiger partial charge in [-0.3, -0.25) is 0 Å². The van der Waals surface area contributed by atoms with E-state index >= 15 is 0 Å². The molecule has 0 aliphatic carbocycles. The molecule has 0 aromatic carbocycles. The Bertz CT molecular complexity index is 354. The fourth-order valence-corrected chi connectivity index (χ4v) is 1.78. The molecule has 1 amide bonds. The zero-order valence-electron chi connectivity index (χ0n) is 9.51. The molecule has 1 heterocycles. The molecule has 1 aliphatic rings. The van der Waals surface area contributed by atoms with E-state index < -0.39 is 17.6 Å². The second-order valence-corrected chi connectivity index (χ2v) is 3.72. The zero-order chi connectivity index (χ0) is 12.9. The number of carbonyl (C=O) groups is 2. The monoisotopic (exact) mass is 242 g/mol. The zero-order valence-corrected chi connectivity index (χ0v) is 9.51. The summed E-state index contributed by atoms with van der Waals surface area (Å²) in [4.78, 5) is 37.5. The van der Waals surface area contributed by atoms with Crippen LogP contribution in [0, 0.1) is 0 Å². The van der Waals surface area contributed by atoms with Gasteiger partial charge in [0.05, 0.1) is 6.61 Å². The molecule has 7 heteroatoms. The first-order valence-corrected chi connectivity index (χ1v) is 5.30. The van der Waals surface area contributed by atoms with Crippen LogP contribution in [-0.4, -0.2) is 53.4 Å². The normalized spacial score (nSPS) is 18.1. The number of carbonyl (C=O) groups excluding carboxylic acids is 2. The predicted molar refractivity (Wildman–Crippen MR) is 56.3 cm³/mol. The third-order valence-electron chi connectivity index (χ3n) is 2.78. The summed E-state index contributed by atoms with van der Waals surface area (Å²) in [6.45, 7) is 2.15. The second-order valence-electron chi connectivity index (χ2n) is 3.72. The number of ether oxygens (including phenoxy) is 1. The standard InChI is InChI=1S/C10H14N2O5/c1-2-17-8(14)10(11-7-13)3-5-12(6-4-10)9(15)16/h2-6H2,1H3,(H,15,16). The molecule has 0 aromatic heterocycles. The number of amides is 1. The summed E-state index contributed by atoms with van der Waals surface area (Å²) in [5.74, 6) is -0.589. The number of aliphatic imine (C=N–C) groups is 1. The van der Waals surface area contributed by atoms with Gasteiger partial charge >= 0.3 is 12.1 Å². The number of likely N-dealkylation sites (tertiary alicyclic amines) is 1. The number of rotatable bonds is 3. The van der Waals surface area contributed by atoms with Crippen molar-refractivity contribution < 1.29 is 24.2 Å². The number of esters is 1. The van der Waals surface area contributed by atoms with Crippen LogP contribution in [0.2, 0.25) is 0 Å². The lowest BCUT2D eigenvalue weighted by molar-refractivity contribution is -0.151. The molecule has 1 saturated heterocycles. The molecule has 0 unspecified atom stereocenters. The molecule has 0 saturated carbocycles. The van der Waals surface area contributed by atoms with E-state index in [0.717, 1.165) is 0 Å². The van der Waals surface area contributed by atoms with Crippen molar-refractivity contribution in [3.05, 3.63) is 0 Å². The van der Waals surface area contributed by atoms with Gasteiger partial charge < -0.3 is 14.7 Å². The minimum Gasteiger partial charge on any atom is -0.465 e. The molecule has 0 radical (unpaired) electrons. The Kier molecular flexibility index (Phi) is 4.23. The van der Waals surface area contributed by atoms with Gasteiger partial charge in [0.15, 0.2) is 5.54 Å². The molecule has 0 bridgehead atoms. The molecule has 0 spiro atoms. The highest BCUT2D eigenvalue weighted by molar-refractivity contribution is 5.82. The van der Waals surface area contributed by atoms with Gasteiger partial charge in [-0.25, -0.2) is 14.4 Å². The van der Waals surface area contributed by atoms with Gasteiger partial charge in [-0.1, -0.05) is 0 Å². The summed E-state index contributed by atoms with van der Waals surface area (Å²) < 4.78 is 4.86. The summed E-state index contributed by atoms with van der Waals surface area (Å²) >= 11 is 0. The number of hydrogen-bond donors (Lipinski definition) is 1. The van der Waals surface area contributed by atoms with Crippen LogP contribution in [0.5, 0.6) is 0 Å². The molecular formula is C10H14N2O5. The van der Waals surface area contributed by atoms with Gasteiger partial charge in [-0.2, -0.15) is 4.99 Å². The maximum Gasteiger partial charge on any atom is 0.407 e. The highest BCUT2D eigenvalue weighted by Crippen LogP contribution is 2.27. The first kappa shape index (κ1) is 13.2. The fraction of sp³-hybridized carbons (Fsp3) is 0.700. The van der Waals surface area contributed by atoms with E-state index in [0.29, 0.717) is 0 Å². The van der Waals surface area contributed by atoms with Crippen molar-refractivity contribution in [3.8, 4) is 0 Å². The van der Waals surface area contributed by atoms with Crippen LogP contribution in [0.3, 0.4) is 0 Å². The number of carboxylic acid groups (broad SMARTS) is 1. The van der Waals surface area contributed by atoms with Gasteiger partial charge in [-0.05, 0) is 6.92 Å². The van der Waals surface area contributed by atoms with E-state index in [-0.39, 0.29) is 32.5 Å². The van der Waals surface area contributed by atoms with Crippen LogP contribution < -0.4 is 0 Å². The summed E-state index contributed by atoms with van der Waals surface area (Å²) in [6.07, 6.45) is 0.618. The van der Waals surface area contributed by atoms with Crippen LogP contribution in [0.25, 0.3) is 0 Å². The van der Waals surface area contributed by atoms with Crippen LogP contribution in [-0.2, 0) is 14.3 Å². The quantitative estimate of drug-likeness (QED) is 0.439. The average Bonchev–Trinajstić information content (AvgIpc) is 2.30. The first-order chi connectivity index (χ1) is 8.05. The van der Waals surface area contributed by atoms with Crippen LogP contribution in [0.4, 0.5) is 4.79 Å². The molecule has 1 N–H and O–H groups in total. The van der Waals surface area contributed by atoms with E-state index in [9.17, 15) is 14.4 Å². The Morgan fingerprint density at radius 3 is 2.47 bits per heavy atom. The van der Waals surface area contributed by atoms with Crippen LogP contribution >= 0.6 is 0 Å². The van der Waals surface area contributed by atoms with E-state index in [2.05, 4.69) is 4.99 Å². The average molecular weight is 242 g/mol. The SMILES string of the molecule is CCOC(=O)C1(N=C=O)CCN(C(=O)O)CC1. The lowest BCUT2D eigenvalue weighted by Gasteiger charge is -2.34. The smallest absolute Gasteiger partial charge is 0.407 e. The molecular weight excluding hydrogens is 228 g/mol. The van der Waals surface area contributed by atoms with E-state index in [4.69, 9.17) is 9.84 Å². The van der Waals surface area contributed by atoms with Gasteiger partial charge in [0.1, 0.15) is 0 Å². The number of hydrogen-bond acceptors (Lipinski definition) is 5. The Balaban J connectivity index is 2.80. The summed E-state index contributed by atoms with van der Waals surface area (Å²) in [7, 11) is 0. The highest BCUT2D eigenvalue weighted by atomic mass is 16.5. The van der Waals surface area contributed by atoms with Crippen molar-refractivity contribution in [3.63, 3.8) is 0 Å². The Morgan fingerprint density at radius 2 is 2.06 bits per heavy atom. The number of piperidine rings is 1. The lowest BCUT2D eigenvalue weighted by atomic mass is 9.88. The molecule has 0 atom stereocenters. The van der Waals surface area contributed by atoms with E-state index in [1.165, 1.54) is 11.0 Å². The van der Waals surface area contributed by atoms with Gasteiger partial charge in [-0.15, -0.1) is 0 Å². The molecule has 7 nitrogen and oxygen atoms in total. The van der Waals surface area contributed by atoms with Crippen molar-refractivity contribution in [2.75, 3.05) is 19.7 Å². The predicted octanol–water partition coefficient (Wildman–Crippen LogP) is 0.398. The molecule has 1 fully saturated rings. The van der Waals surface area contributed by atoms with E-state index in [1.807, 2.05) is 0 Å². The van der Waals surface area contributed by atoms with Crippen molar-refractivity contribution in [1.29, 1.82) is 0 Å². The topological polar surface area (TPSA) is 96.3 Å². The fourth-order valence-electron chi connectivity index (χ4n) is 1.78. The molecule has 1 rings (SSSR count). The molecule has 0 aromatic rings. The van der Waals surface area contributed by atoms with Gasteiger partial charge in [0.25, 0.3) is 0 Å². The Hall–Kier alpha value is -1.88. The number of isocyanates is 1. The maximum atomic E-state index is 11.7. The van der Waals surface area contributed by atoms with E-state index in [1.54, 1.807) is 6.92 Å². The summed E-state index contributed by atoms with van der Waals surface area (Å²) in [5, 5.41) is 8.78. The first-order valence-electron chi connectivity index (χ1n) is 5.30. The third kappa shape index (κ3) is 2.82. The highest BCUT2D eigenvalue weighted by Gasteiger charge is 2.44. The summed E-state index contributed by atoms with van der Waals surface area (Å²) in [6, 6.07) is 0. The van der Waals surface area contributed by atoms with Crippen LogP contribution in [0.15, 0.2) is 4.99 Å². The lowest BCUT2D eigenvalue weighted by Crippen LogP contribution is -2.50. The molecule has 1 aliphatic heterocycles. The maximum absolute atomic E-state index is 11.7. The minimum atomic E-state index is -1.26. The molecule has 17 heavy (non-hydrogen) atoms. The van der Waals surface area contributed by atoms with Crippen molar-refractivity contribution >= 4 is 18.1 Å². The Labute approximate surface area is 98.1 Å². The van der Waals surface area contributed by atoms with Crippen molar-refractivity contribution in [1.82, 2.24) is 4.90 Å². The largest absolute Gasteiger partial charge is 0.465 e. The summed E-state index contributed by atoms with van der Waals surface area (Å²) in [5.41, 5.74) is -1.26. The Morgan fingerprint density at radius 1 is 1.47 bits per heavy atom. The van der Waals surface area contributed by atoms with Crippen molar-refractivity contribution in [2.24, 2.45) is 4.99 Å². The van der Waals surface area contributed by atoms with Crippen molar-refractivity contribution in [2.45, 2.75) is 25.3 Å². The minimum absolute atomic E-state index is 0.146.